The number of aryl methyl sites for hydroxylation is 1. The standard InChI is InChI=1S/C19H26BN3O8.2ClH/c21-14(18(25)22-31-12-5-11(24)6-12)9-23-7-13(8-23)29-15-2-1-10-3-4-20(28)30-17(10)16(15)19(26)27;;/h1-2,11-14,24,28H,3-9,21H2,(H,22,25)(H,26,27);2*1H. The van der Waals surface area contributed by atoms with Crippen molar-refractivity contribution >= 4 is 43.8 Å². The first kappa shape index (κ1) is 27.4. The van der Waals surface area contributed by atoms with Crippen LogP contribution in [0.5, 0.6) is 11.5 Å². The van der Waals surface area contributed by atoms with Crippen molar-refractivity contribution in [2.24, 2.45) is 5.73 Å². The molecule has 0 radical (unpaired) electrons. The highest BCUT2D eigenvalue weighted by molar-refractivity contribution is 6.44. The highest BCUT2D eigenvalue weighted by Gasteiger charge is 2.35. The van der Waals surface area contributed by atoms with Crippen LogP contribution in [0.15, 0.2) is 12.1 Å². The molecular weight excluding hydrogens is 480 g/mol. The average molecular weight is 508 g/mol. The second kappa shape index (κ2) is 11.6. The number of nitrogens with zero attached hydrogens (tertiary/aromatic N) is 1. The number of likely N-dealkylation sites (tertiary alicyclic amines) is 1. The van der Waals surface area contributed by atoms with Gasteiger partial charge in [-0.25, -0.2) is 10.3 Å². The number of hydrogen-bond acceptors (Lipinski definition) is 9. The van der Waals surface area contributed by atoms with Crippen LogP contribution in [-0.4, -0.2) is 83.1 Å². The Morgan fingerprint density at radius 3 is 2.61 bits per heavy atom. The number of carboxylic acid groups (broad SMARTS) is 1. The number of hydroxylamine groups is 1. The van der Waals surface area contributed by atoms with Gasteiger partial charge in [0.1, 0.15) is 23.2 Å². The Balaban J connectivity index is 0.00000193. The highest BCUT2D eigenvalue weighted by atomic mass is 35.5. The number of hydrogen-bond donors (Lipinski definition) is 5. The zero-order valence-electron chi connectivity index (χ0n) is 17.7. The van der Waals surface area contributed by atoms with Gasteiger partial charge in [0.15, 0.2) is 0 Å². The number of amides is 1. The van der Waals surface area contributed by atoms with Gasteiger partial charge >= 0.3 is 13.1 Å². The summed E-state index contributed by atoms with van der Waals surface area (Å²) in [6, 6.07) is 2.57. The largest absolute Gasteiger partial charge is 0.535 e. The lowest BCUT2D eigenvalue weighted by molar-refractivity contribution is -0.154. The summed E-state index contributed by atoms with van der Waals surface area (Å²) >= 11 is 0. The topological polar surface area (TPSA) is 164 Å². The number of carbonyl (C=O) groups is 2. The molecule has 1 aromatic rings. The third kappa shape index (κ3) is 6.41. The SMILES string of the molecule is Cl.Cl.NC(CN1CC(Oc2ccc3c(c2C(=O)O)OB(O)CC3)C1)C(=O)NOC1CC(O)C1. The molecule has 0 aromatic heterocycles. The van der Waals surface area contributed by atoms with Crippen molar-refractivity contribution in [2.45, 2.75) is 49.9 Å². The van der Waals surface area contributed by atoms with E-state index in [1.54, 1.807) is 12.1 Å². The molecule has 1 unspecified atom stereocenters. The Hall–Kier alpha value is -1.80. The molecule has 11 nitrogen and oxygen atoms in total. The smallest absolute Gasteiger partial charge is 0.522 e. The molecule has 0 bridgehead atoms. The zero-order chi connectivity index (χ0) is 22.1. The van der Waals surface area contributed by atoms with E-state index in [0.717, 1.165) is 5.56 Å². The van der Waals surface area contributed by atoms with E-state index in [4.69, 9.17) is 20.0 Å². The van der Waals surface area contributed by atoms with Gasteiger partial charge in [0.05, 0.1) is 18.2 Å². The van der Waals surface area contributed by atoms with Gasteiger partial charge in [-0.05, 0) is 24.4 Å². The first-order valence-electron chi connectivity index (χ1n) is 10.3. The number of rotatable bonds is 8. The van der Waals surface area contributed by atoms with Crippen molar-refractivity contribution in [1.82, 2.24) is 10.4 Å². The quantitative estimate of drug-likeness (QED) is 0.231. The van der Waals surface area contributed by atoms with Gasteiger partial charge in [-0.3, -0.25) is 14.5 Å². The molecular formula is C19H28BCl2N3O8. The van der Waals surface area contributed by atoms with Crippen LogP contribution in [-0.2, 0) is 16.1 Å². The molecule has 1 aromatic carbocycles. The minimum Gasteiger partial charge on any atom is -0.535 e. The number of aliphatic hydroxyl groups is 1. The van der Waals surface area contributed by atoms with Gasteiger partial charge in [0.25, 0.3) is 5.91 Å². The number of carbonyl (C=O) groups excluding carboxylic acids is 1. The number of aliphatic hydroxyl groups excluding tert-OH is 1. The summed E-state index contributed by atoms with van der Waals surface area (Å²) in [6.07, 6.45) is 1.11. The van der Waals surface area contributed by atoms with Crippen LogP contribution in [0.4, 0.5) is 0 Å². The number of ether oxygens (including phenoxy) is 1. The molecule has 2 aliphatic heterocycles. The molecule has 3 aliphatic rings. The number of nitrogens with one attached hydrogen (secondary N) is 1. The summed E-state index contributed by atoms with van der Waals surface area (Å²) in [6.45, 7) is 1.26. The van der Waals surface area contributed by atoms with Gasteiger partial charge in [-0.2, -0.15) is 0 Å². The highest BCUT2D eigenvalue weighted by Crippen LogP contribution is 2.37. The number of carboxylic acids is 1. The lowest BCUT2D eigenvalue weighted by Crippen LogP contribution is -2.59. The molecule has 1 amide bonds. The predicted molar refractivity (Wildman–Crippen MR) is 122 cm³/mol. The second-order valence-corrected chi connectivity index (χ2v) is 8.24. The van der Waals surface area contributed by atoms with Crippen LogP contribution in [0.1, 0.15) is 28.8 Å². The van der Waals surface area contributed by atoms with E-state index in [1.165, 1.54) is 0 Å². The third-order valence-electron chi connectivity index (χ3n) is 5.73. The Labute approximate surface area is 203 Å². The van der Waals surface area contributed by atoms with Gasteiger partial charge in [-0.15, -0.1) is 24.8 Å². The summed E-state index contributed by atoms with van der Waals surface area (Å²) in [4.78, 5) is 30.9. The Kier molecular flexibility index (Phi) is 9.62. The van der Waals surface area contributed by atoms with E-state index in [-0.39, 0.29) is 60.2 Å². The van der Waals surface area contributed by atoms with Crippen LogP contribution >= 0.6 is 24.8 Å². The molecule has 2 fully saturated rings. The summed E-state index contributed by atoms with van der Waals surface area (Å²) in [5.41, 5.74) is 8.87. The number of benzene rings is 1. The van der Waals surface area contributed by atoms with Crippen LogP contribution in [0, 0.1) is 0 Å². The first-order valence-corrected chi connectivity index (χ1v) is 10.3. The van der Waals surface area contributed by atoms with Crippen molar-refractivity contribution in [2.75, 3.05) is 19.6 Å². The second-order valence-electron chi connectivity index (χ2n) is 8.24. The lowest BCUT2D eigenvalue weighted by atomic mass is 9.78. The van der Waals surface area contributed by atoms with Crippen molar-refractivity contribution < 1.29 is 39.1 Å². The van der Waals surface area contributed by atoms with E-state index >= 15 is 0 Å². The Morgan fingerprint density at radius 1 is 1.27 bits per heavy atom. The van der Waals surface area contributed by atoms with E-state index in [2.05, 4.69) is 5.48 Å². The van der Waals surface area contributed by atoms with E-state index in [9.17, 15) is 24.8 Å². The van der Waals surface area contributed by atoms with Gasteiger partial charge < -0.3 is 30.4 Å². The maximum atomic E-state index is 12.0. The van der Waals surface area contributed by atoms with Gasteiger partial charge in [0.2, 0.25) is 0 Å². The fourth-order valence-corrected chi connectivity index (χ4v) is 3.85. The van der Waals surface area contributed by atoms with Crippen molar-refractivity contribution in [3.63, 3.8) is 0 Å². The number of nitrogens with two attached hydrogens (primary N) is 1. The summed E-state index contributed by atoms with van der Waals surface area (Å²) < 4.78 is 11.2. The summed E-state index contributed by atoms with van der Waals surface area (Å²) in [7, 11) is -1.04. The monoisotopic (exact) mass is 507 g/mol. The maximum Gasteiger partial charge on any atom is 0.522 e. The third-order valence-corrected chi connectivity index (χ3v) is 5.73. The molecule has 184 valence electrons. The molecule has 1 saturated heterocycles. The molecule has 0 spiro atoms. The van der Waals surface area contributed by atoms with Crippen molar-refractivity contribution in [3.05, 3.63) is 23.3 Å². The van der Waals surface area contributed by atoms with Crippen LogP contribution < -0.4 is 20.6 Å². The fraction of sp³-hybridized carbons (Fsp3) is 0.579. The molecule has 33 heavy (non-hydrogen) atoms. The Bertz CT molecular complexity index is 855. The van der Waals surface area contributed by atoms with Crippen molar-refractivity contribution in [1.29, 1.82) is 0 Å². The zero-order valence-corrected chi connectivity index (χ0v) is 19.3. The van der Waals surface area contributed by atoms with Crippen LogP contribution in [0.25, 0.3) is 0 Å². The molecule has 6 N–H and O–H groups in total. The van der Waals surface area contributed by atoms with E-state index < -0.39 is 25.0 Å². The van der Waals surface area contributed by atoms with Gasteiger partial charge in [-0.1, -0.05) is 6.07 Å². The number of fused-ring (bicyclic) bond motifs is 1. The summed E-state index contributed by atoms with van der Waals surface area (Å²) in [5, 5.41) is 28.6. The van der Waals surface area contributed by atoms with E-state index in [0.29, 0.717) is 45.2 Å². The number of halogens is 2. The molecule has 1 aliphatic carbocycles. The molecule has 4 rings (SSSR count). The molecule has 1 saturated carbocycles. The minimum atomic E-state index is -1.19. The molecule has 14 heteroatoms. The predicted octanol–water partition coefficient (Wildman–Crippen LogP) is -0.395. The fourth-order valence-electron chi connectivity index (χ4n) is 3.85. The lowest BCUT2D eigenvalue weighted by Gasteiger charge is -2.40. The van der Waals surface area contributed by atoms with E-state index in [1.807, 2.05) is 4.90 Å². The normalized spacial score (nSPS) is 22.8. The van der Waals surface area contributed by atoms with Crippen LogP contribution in [0.2, 0.25) is 6.32 Å². The van der Waals surface area contributed by atoms with Crippen LogP contribution in [0.3, 0.4) is 0 Å². The molecule has 2 heterocycles. The summed E-state index contributed by atoms with van der Waals surface area (Å²) in [5.74, 6) is -1.29. The number of aromatic carboxylic acids is 1. The first-order chi connectivity index (χ1) is 14.8. The van der Waals surface area contributed by atoms with Gasteiger partial charge in [0, 0.05) is 32.5 Å². The molecule has 1 atom stereocenters. The average Bonchev–Trinajstić information content (AvgIpc) is 2.67. The maximum absolute atomic E-state index is 12.0. The van der Waals surface area contributed by atoms with Crippen molar-refractivity contribution in [3.8, 4) is 11.5 Å². The Morgan fingerprint density at radius 2 is 1.97 bits per heavy atom. The minimum absolute atomic E-state index is 0.